The first-order valence-electron chi connectivity index (χ1n) is 4.44. The first-order valence-corrected chi connectivity index (χ1v) is 4.82. The highest BCUT2D eigenvalue weighted by Crippen LogP contribution is 2.20. The van der Waals surface area contributed by atoms with E-state index in [1.54, 1.807) is 0 Å². The van der Waals surface area contributed by atoms with Crippen molar-refractivity contribution in [1.82, 2.24) is 9.78 Å². The van der Waals surface area contributed by atoms with Gasteiger partial charge in [-0.1, -0.05) is 11.6 Å². The summed E-state index contributed by atoms with van der Waals surface area (Å²) in [5, 5.41) is 22.0. The average molecular weight is 240 g/mol. The molecule has 0 fully saturated rings. The number of halogens is 2. The Hall–Kier alpha value is -1.37. The van der Waals surface area contributed by atoms with Gasteiger partial charge in [-0.2, -0.15) is 5.10 Å². The molecular formula is C9H7BClFN2O2. The van der Waals surface area contributed by atoms with Crippen molar-refractivity contribution in [2.24, 2.45) is 0 Å². The quantitative estimate of drug-likeness (QED) is 0.745. The third-order valence-corrected chi connectivity index (χ3v) is 2.38. The molecule has 1 aromatic heterocycles. The summed E-state index contributed by atoms with van der Waals surface area (Å²) in [4.78, 5) is 0. The molecule has 1 aromatic carbocycles. The van der Waals surface area contributed by atoms with Crippen molar-refractivity contribution in [2.45, 2.75) is 0 Å². The van der Waals surface area contributed by atoms with Crippen LogP contribution in [0.5, 0.6) is 0 Å². The second-order valence-corrected chi connectivity index (χ2v) is 3.59. The summed E-state index contributed by atoms with van der Waals surface area (Å²) in [6.07, 6.45) is 2.64. The molecule has 0 radical (unpaired) electrons. The van der Waals surface area contributed by atoms with Crippen LogP contribution in [0, 0.1) is 5.82 Å². The molecule has 0 spiro atoms. The fourth-order valence-electron chi connectivity index (χ4n) is 1.26. The van der Waals surface area contributed by atoms with Gasteiger partial charge in [-0.3, -0.25) is 0 Å². The van der Waals surface area contributed by atoms with Gasteiger partial charge in [0.1, 0.15) is 5.82 Å². The zero-order chi connectivity index (χ0) is 11.7. The molecule has 0 saturated carbocycles. The number of nitrogens with zero attached hydrogens (tertiary/aromatic N) is 2. The molecule has 0 atom stereocenters. The zero-order valence-corrected chi connectivity index (χ0v) is 8.76. The molecule has 0 saturated heterocycles. The Morgan fingerprint density at radius 2 is 2.12 bits per heavy atom. The van der Waals surface area contributed by atoms with Crippen molar-refractivity contribution in [1.29, 1.82) is 0 Å². The van der Waals surface area contributed by atoms with E-state index in [4.69, 9.17) is 21.6 Å². The lowest BCUT2D eigenvalue weighted by Crippen LogP contribution is -2.28. The van der Waals surface area contributed by atoms with Gasteiger partial charge < -0.3 is 10.0 Å². The maximum Gasteiger partial charge on any atom is 0.491 e. The molecule has 4 nitrogen and oxygen atoms in total. The molecule has 0 unspecified atom stereocenters. The highest BCUT2D eigenvalue weighted by molar-refractivity contribution is 6.58. The van der Waals surface area contributed by atoms with E-state index in [-0.39, 0.29) is 5.46 Å². The Kier molecular flexibility index (Phi) is 2.96. The third kappa shape index (κ3) is 2.09. The van der Waals surface area contributed by atoms with Gasteiger partial charge in [-0.25, -0.2) is 9.07 Å². The van der Waals surface area contributed by atoms with Crippen molar-refractivity contribution < 1.29 is 14.4 Å². The molecule has 82 valence electrons. The third-order valence-electron chi connectivity index (χ3n) is 2.06. The van der Waals surface area contributed by atoms with E-state index in [0.29, 0.717) is 10.7 Å². The van der Waals surface area contributed by atoms with Gasteiger partial charge in [0, 0.05) is 23.9 Å². The molecule has 2 rings (SSSR count). The summed E-state index contributed by atoms with van der Waals surface area (Å²) >= 11 is 5.87. The molecule has 7 heteroatoms. The van der Waals surface area contributed by atoms with Crippen LogP contribution >= 0.6 is 11.6 Å². The fourth-order valence-corrected chi connectivity index (χ4v) is 1.47. The summed E-state index contributed by atoms with van der Waals surface area (Å²) in [5.41, 5.74) is 0.550. The lowest BCUT2D eigenvalue weighted by molar-refractivity contribution is 0.426. The minimum Gasteiger partial charge on any atom is -0.423 e. The minimum absolute atomic E-state index is 0.209. The van der Waals surface area contributed by atoms with E-state index in [2.05, 4.69) is 5.10 Å². The molecule has 0 aliphatic rings. The Morgan fingerprint density at radius 1 is 1.38 bits per heavy atom. The zero-order valence-electron chi connectivity index (χ0n) is 8.01. The van der Waals surface area contributed by atoms with Gasteiger partial charge in [0.15, 0.2) is 0 Å². The fraction of sp³-hybridized carbons (Fsp3) is 0. The van der Waals surface area contributed by atoms with Crippen LogP contribution in [-0.4, -0.2) is 26.9 Å². The molecule has 16 heavy (non-hydrogen) atoms. The van der Waals surface area contributed by atoms with Crippen LogP contribution in [0.1, 0.15) is 0 Å². The number of aromatic nitrogens is 2. The van der Waals surface area contributed by atoms with Crippen molar-refractivity contribution in [3.63, 3.8) is 0 Å². The first kappa shape index (κ1) is 11.1. The molecule has 0 aliphatic heterocycles. The first-order chi connectivity index (χ1) is 7.58. The summed E-state index contributed by atoms with van der Waals surface area (Å²) in [6, 6.07) is 3.85. The van der Waals surface area contributed by atoms with Gasteiger partial charge in [0.2, 0.25) is 0 Å². The Bertz CT molecular complexity index is 518. The van der Waals surface area contributed by atoms with Crippen LogP contribution in [0.2, 0.25) is 5.02 Å². The maximum absolute atomic E-state index is 13.0. The van der Waals surface area contributed by atoms with E-state index in [1.165, 1.54) is 35.3 Å². The summed E-state index contributed by atoms with van der Waals surface area (Å²) in [5.74, 6) is -0.444. The highest BCUT2D eigenvalue weighted by atomic mass is 35.5. The molecule has 0 amide bonds. The molecule has 0 bridgehead atoms. The lowest BCUT2D eigenvalue weighted by atomic mass is 9.83. The lowest BCUT2D eigenvalue weighted by Gasteiger charge is -2.03. The largest absolute Gasteiger partial charge is 0.491 e. The second-order valence-electron chi connectivity index (χ2n) is 3.19. The monoisotopic (exact) mass is 240 g/mol. The number of hydrogen-bond acceptors (Lipinski definition) is 3. The van der Waals surface area contributed by atoms with Gasteiger partial charge in [-0.05, 0) is 12.1 Å². The standard InChI is InChI=1S/C9H7BClFN2O2/c11-8-2-1-7(12)3-9(8)14-5-6(4-13-14)10(15)16/h1-5,15-16H. The van der Waals surface area contributed by atoms with Gasteiger partial charge in [-0.15, -0.1) is 0 Å². The van der Waals surface area contributed by atoms with Crippen molar-refractivity contribution in [2.75, 3.05) is 0 Å². The summed E-state index contributed by atoms with van der Waals surface area (Å²) in [7, 11) is -1.61. The minimum atomic E-state index is -1.61. The van der Waals surface area contributed by atoms with Gasteiger partial charge >= 0.3 is 7.12 Å². The van der Waals surface area contributed by atoms with Gasteiger partial charge in [0.05, 0.1) is 10.7 Å². The Balaban J connectivity index is 2.46. The highest BCUT2D eigenvalue weighted by Gasteiger charge is 2.14. The van der Waals surface area contributed by atoms with Crippen LogP contribution in [0.15, 0.2) is 30.6 Å². The van der Waals surface area contributed by atoms with Crippen LogP contribution < -0.4 is 5.46 Å². The number of rotatable bonds is 2. The second kappa shape index (κ2) is 4.25. The average Bonchev–Trinajstić information content (AvgIpc) is 2.70. The number of hydrogen-bond donors (Lipinski definition) is 2. The SMILES string of the molecule is OB(O)c1cnn(-c2cc(F)ccc2Cl)c1. The van der Waals surface area contributed by atoms with E-state index in [1.807, 2.05) is 0 Å². The maximum atomic E-state index is 13.0. The van der Waals surface area contributed by atoms with Gasteiger partial charge in [0.25, 0.3) is 0 Å². The van der Waals surface area contributed by atoms with E-state index in [9.17, 15) is 4.39 Å². The molecule has 2 N–H and O–H groups in total. The topological polar surface area (TPSA) is 58.3 Å². The predicted molar refractivity (Wildman–Crippen MR) is 58.4 cm³/mol. The van der Waals surface area contributed by atoms with Crippen LogP contribution in [0.25, 0.3) is 5.69 Å². The van der Waals surface area contributed by atoms with E-state index in [0.717, 1.165) is 0 Å². The normalized spacial score (nSPS) is 10.5. The molecule has 0 aliphatic carbocycles. The summed E-state index contributed by atoms with van der Waals surface area (Å²) in [6.45, 7) is 0. The van der Waals surface area contributed by atoms with E-state index >= 15 is 0 Å². The molecule has 1 heterocycles. The molecule has 2 aromatic rings. The van der Waals surface area contributed by atoms with Crippen molar-refractivity contribution in [3.05, 3.63) is 41.4 Å². The van der Waals surface area contributed by atoms with Crippen LogP contribution in [0.4, 0.5) is 4.39 Å². The summed E-state index contributed by atoms with van der Waals surface area (Å²) < 4.78 is 14.3. The number of benzene rings is 1. The van der Waals surface area contributed by atoms with E-state index < -0.39 is 12.9 Å². The van der Waals surface area contributed by atoms with Crippen molar-refractivity contribution >= 4 is 24.2 Å². The Morgan fingerprint density at radius 3 is 2.75 bits per heavy atom. The Labute approximate surface area is 96.0 Å². The smallest absolute Gasteiger partial charge is 0.423 e. The van der Waals surface area contributed by atoms with Crippen molar-refractivity contribution in [3.8, 4) is 5.69 Å². The predicted octanol–water partition coefficient (Wildman–Crippen LogP) is 0.345. The molecular weight excluding hydrogens is 233 g/mol. The van der Waals surface area contributed by atoms with Crippen LogP contribution in [0.3, 0.4) is 0 Å². The van der Waals surface area contributed by atoms with Crippen LogP contribution in [-0.2, 0) is 0 Å².